The topological polar surface area (TPSA) is 26.3 Å². The number of halogens is 1. The Morgan fingerprint density at radius 3 is 1.05 bits per heavy atom. The van der Waals surface area contributed by atoms with Crippen molar-refractivity contribution in [2.24, 2.45) is 0 Å². The van der Waals surface area contributed by atoms with Crippen LogP contribution in [0.25, 0.3) is 0 Å². The average molecular weight is 617 g/mol. The van der Waals surface area contributed by atoms with Gasteiger partial charge in [-0.3, -0.25) is 4.79 Å². The van der Waals surface area contributed by atoms with Gasteiger partial charge in [0.05, 0.1) is 20.6 Å². The van der Waals surface area contributed by atoms with Gasteiger partial charge < -0.3 is 21.6 Å². The molecule has 0 rings (SSSR count). The summed E-state index contributed by atoms with van der Waals surface area (Å²) in [5, 5.41) is 0. The van der Waals surface area contributed by atoms with E-state index in [1.165, 1.54) is 186 Å². The molecule has 0 saturated carbocycles. The van der Waals surface area contributed by atoms with E-state index in [2.05, 4.69) is 27.9 Å². The lowest BCUT2D eigenvalue weighted by molar-refractivity contribution is -0.890. The number of quaternary nitrogens is 1. The fourth-order valence-electron chi connectivity index (χ4n) is 5.97. The number of hydrogen-bond donors (Lipinski definition) is 0. The summed E-state index contributed by atoms with van der Waals surface area (Å²) in [5.41, 5.74) is 0. The van der Waals surface area contributed by atoms with Crippen LogP contribution in [0.5, 0.6) is 0 Å². The fourth-order valence-corrected chi connectivity index (χ4v) is 5.97. The summed E-state index contributed by atoms with van der Waals surface area (Å²) in [7, 11) is 4.57. The summed E-state index contributed by atoms with van der Waals surface area (Å²) in [6.45, 7) is 7.28. The number of unbranched alkanes of at least 4 members (excludes halogenated alkanes) is 27. The highest BCUT2D eigenvalue weighted by Crippen LogP contribution is 2.15. The normalized spacial score (nSPS) is 11.5. The Morgan fingerprint density at radius 1 is 0.429 bits per heavy atom. The predicted octanol–water partition coefficient (Wildman–Crippen LogP) is 9.35. The van der Waals surface area contributed by atoms with E-state index in [1.54, 1.807) is 0 Å². The molecule has 0 bridgehead atoms. The van der Waals surface area contributed by atoms with Crippen molar-refractivity contribution in [1.29, 1.82) is 0 Å². The summed E-state index contributed by atoms with van der Waals surface area (Å²) in [4.78, 5) is 12.1. The van der Waals surface area contributed by atoms with E-state index >= 15 is 0 Å². The number of nitrogens with zero attached hydrogens (tertiary/aromatic N) is 1. The van der Waals surface area contributed by atoms with Crippen molar-refractivity contribution in [1.82, 2.24) is 0 Å². The Hall–Kier alpha value is -0.280. The molecule has 0 fully saturated rings. The Balaban J connectivity index is 0. The number of likely N-dealkylation sites (N-methyl/N-ethyl adjacent to an activating group) is 1. The first kappa shape index (κ1) is 43.8. The molecule has 0 aromatic rings. The Kier molecular flexibility index (Phi) is 36.7. The molecule has 0 amide bonds. The second-order valence-electron chi connectivity index (χ2n) is 13.9. The molecule has 4 heteroatoms. The molecule has 0 unspecified atom stereocenters. The molecule has 254 valence electrons. The van der Waals surface area contributed by atoms with Crippen LogP contribution < -0.4 is 12.4 Å². The zero-order valence-electron chi connectivity index (χ0n) is 29.5. The van der Waals surface area contributed by atoms with Gasteiger partial charge in [0, 0.05) is 6.42 Å². The SMILES string of the molecule is CCCCCCCCCCCCCCCCCC[N+](C)(C)CCOC(=O)CCCCCCCCCCCCCCC.[Cl-]. The Morgan fingerprint density at radius 2 is 0.714 bits per heavy atom. The van der Waals surface area contributed by atoms with Gasteiger partial charge in [0.15, 0.2) is 0 Å². The minimum absolute atomic E-state index is 0. The van der Waals surface area contributed by atoms with Crippen molar-refractivity contribution in [3.63, 3.8) is 0 Å². The second-order valence-corrected chi connectivity index (χ2v) is 13.9. The molecule has 0 aromatic heterocycles. The first-order valence-corrected chi connectivity index (χ1v) is 19.0. The van der Waals surface area contributed by atoms with Gasteiger partial charge in [0.1, 0.15) is 13.2 Å². The molecule has 0 radical (unpaired) electrons. The van der Waals surface area contributed by atoms with Crippen LogP contribution in [0.15, 0.2) is 0 Å². The van der Waals surface area contributed by atoms with Gasteiger partial charge >= 0.3 is 5.97 Å². The molecule has 0 aliphatic rings. The maximum absolute atomic E-state index is 12.1. The third-order valence-corrected chi connectivity index (χ3v) is 9.06. The molecule has 0 N–H and O–H groups in total. The minimum Gasteiger partial charge on any atom is -1.00 e. The highest BCUT2D eigenvalue weighted by Gasteiger charge is 2.15. The molecule has 0 aliphatic carbocycles. The lowest BCUT2D eigenvalue weighted by Gasteiger charge is -2.29. The van der Waals surface area contributed by atoms with Gasteiger partial charge in [-0.15, -0.1) is 0 Å². The first-order chi connectivity index (χ1) is 20.0. The molecule has 0 aromatic carbocycles. The van der Waals surface area contributed by atoms with Crippen molar-refractivity contribution in [3.8, 4) is 0 Å². The van der Waals surface area contributed by atoms with Gasteiger partial charge in [-0.05, 0) is 19.3 Å². The summed E-state index contributed by atoms with van der Waals surface area (Å²) in [5.74, 6) is 0.00971. The van der Waals surface area contributed by atoms with E-state index in [1.807, 2.05) is 0 Å². The maximum atomic E-state index is 12.1. The first-order valence-electron chi connectivity index (χ1n) is 19.0. The average Bonchev–Trinajstić information content (AvgIpc) is 2.95. The van der Waals surface area contributed by atoms with E-state index in [0.717, 1.165) is 17.4 Å². The van der Waals surface area contributed by atoms with Crippen molar-refractivity contribution in [2.45, 2.75) is 206 Å². The van der Waals surface area contributed by atoms with Crippen molar-refractivity contribution < 1.29 is 26.4 Å². The van der Waals surface area contributed by atoms with E-state index in [4.69, 9.17) is 4.74 Å². The van der Waals surface area contributed by atoms with Crippen LogP contribution in [0, 0.1) is 0 Å². The number of carbonyl (C=O) groups excluding carboxylic acids is 1. The Bertz CT molecular complexity index is 525. The second kappa shape index (κ2) is 35.2. The minimum atomic E-state index is 0. The number of hydrogen-bond acceptors (Lipinski definition) is 2. The third kappa shape index (κ3) is 35.9. The molecule has 0 saturated heterocycles. The van der Waals surface area contributed by atoms with Crippen LogP contribution in [-0.4, -0.2) is 44.2 Å². The molecule has 42 heavy (non-hydrogen) atoms. The molecule has 0 aliphatic heterocycles. The predicted molar refractivity (Wildman–Crippen MR) is 183 cm³/mol. The number of ether oxygens (including phenoxy) is 1. The molecular weight excluding hydrogens is 538 g/mol. The van der Waals surface area contributed by atoms with E-state index < -0.39 is 0 Å². The number of carbonyl (C=O) groups is 1. The maximum Gasteiger partial charge on any atom is 0.305 e. The van der Waals surface area contributed by atoms with E-state index in [0.29, 0.717) is 13.0 Å². The van der Waals surface area contributed by atoms with E-state index in [9.17, 15) is 4.79 Å². The highest BCUT2D eigenvalue weighted by molar-refractivity contribution is 5.69. The van der Waals surface area contributed by atoms with Crippen LogP contribution in [-0.2, 0) is 9.53 Å². The number of esters is 1. The summed E-state index contributed by atoms with van der Waals surface area (Å²) in [6.07, 6.45) is 40.7. The van der Waals surface area contributed by atoms with Crippen molar-refractivity contribution in [3.05, 3.63) is 0 Å². The van der Waals surface area contributed by atoms with Crippen LogP contribution in [0.1, 0.15) is 206 Å². The summed E-state index contributed by atoms with van der Waals surface area (Å²) in [6, 6.07) is 0. The largest absolute Gasteiger partial charge is 1.00 e. The van der Waals surface area contributed by atoms with Gasteiger partial charge in [-0.1, -0.05) is 181 Å². The lowest BCUT2D eigenvalue weighted by atomic mass is 10.0. The van der Waals surface area contributed by atoms with Gasteiger partial charge in [0.25, 0.3) is 0 Å². The molecule has 3 nitrogen and oxygen atoms in total. The Labute approximate surface area is 272 Å². The molecule has 0 spiro atoms. The lowest BCUT2D eigenvalue weighted by Crippen LogP contribution is -3.00. The van der Waals surface area contributed by atoms with Crippen LogP contribution in [0.3, 0.4) is 0 Å². The zero-order chi connectivity index (χ0) is 30.1. The smallest absolute Gasteiger partial charge is 0.305 e. The zero-order valence-corrected chi connectivity index (χ0v) is 30.2. The quantitative estimate of drug-likeness (QED) is 0.0409. The highest BCUT2D eigenvalue weighted by atomic mass is 35.5. The van der Waals surface area contributed by atoms with Gasteiger partial charge in [0.2, 0.25) is 0 Å². The fraction of sp³-hybridized carbons (Fsp3) is 0.974. The van der Waals surface area contributed by atoms with E-state index in [-0.39, 0.29) is 18.4 Å². The van der Waals surface area contributed by atoms with Crippen LogP contribution in [0.2, 0.25) is 0 Å². The van der Waals surface area contributed by atoms with Gasteiger partial charge in [-0.2, -0.15) is 0 Å². The molecular formula is C38H78ClNO2. The summed E-state index contributed by atoms with van der Waals surface area (Å²) < 4.78 is 6.53. The van der Waals surface area contributed by atoms with Gasteiger partial charge in [-0.25, -0.2) is 0 Å². The van der Waals surface area contributed by atoms with Crippen LogP contribution in [0.4, 0.5) is 0 Å². The number of rotatable bonds is 34. The summed E-state index contributed by atoms with van der Waals surface area (Å²) >= 11 is 0. The van der Waals surface area contributed by atoms with Crippen molar-refractivity contribution >= 4 is 5.97 Å². The standard InChI is InChI=1S/C38H78NO2.ClH/c1-5-7-9-11-13-15-17-19-20-21-23-25-27-29-31-33-35-39(3,4)36-37-41-38(40)34-32-30-28-26-24-22-18-16-14-12-10-8-6-2;/h5-37H2,1-4H3;1H/q+1;/p-1. The molecule has 0 atom stereocenters. The third-order valence-electron chi connectivity index (χ3n) is 9.06. The van der Waals surface area contributed by atoms with Crippen LogP contribution >= 0.6 is 0 Å². The van der Waals surface area contributed by atoms with Crippen molar-refractivity contribution in [2.75, 3.05) is 33.8 Å². The monoisotopic (exact) mass is 616 g/mol. The molecule has 0 heterocycles.